The lowest BCUT2D eigenvalue weighted by Crippen LogP contribution is -2.40. The number of hydrogen-bond donors (Lipinski definition) is 2. The van der Waals surface area contributed by atoms with E-state index in [0.717, 1.165) is 12.8 Å². The Balaban J connectivity index is 1.66. The molecular weight excluding hydrogens is 479 g/mol. The highest BCUT2D eigenvalue weighted by molar-refractivity contribution is 6.13. The molecule has 0 spiro atoms. The zero-order valence-corrected chi connectivity index (χ0v) is 21.0. The van der Waals surface area contributed by atoms with E-state index in [-0.39, 0.29) is 52.4 Å². The number of hydrogen-bond acceptors (Lipinski definition) is 7. The summed E-state index contributed by atoms with van der Waals surface area (Å²) in [5, 5.41) is 7.51. The van der Waals surface area contributed by atoms with E-state index in [1.54, 1.807) is 30.6 Å². The van der Waals surface area contributed by atoms with Gasteiger partial charge < -0.3 is 20.9 Å². The van der Waals surface area contributed by atoms with Gasteiger partial charge in [-0.05, 0) is 43.0 Å². The number of likely N-dealkylation sites (tertiary alicyclic amines) is 1. The summed E-state index contributed by atoms with van der Waals surface area (Å²) >= 11 is 0. The SMILES string of the molecule is C=CC(=O)N1CCCC(n2nc(C(=O)Nc3cc(F)c(CC(=O)N(C)C)cc3C)c3c(N)ncnc32)C1. The number of aryl methyl sites for hydroxylation is 1. The third-order valence-corrected chi connectivity index (χ3v) is 6.44. The molecule has 194 valence electrons. The Morgan fingerprint density at radius 2 is 2.05 bits per heavy atom. The lowest BCUT2D eigenvalue weighted by molar-refractivity contribution is -0.128. The molecule has 1 aliphatic heterocycles. The third kappa shape index (κ3) is 5.13. The maximum absolute atomic E-state index is 14.8. The first-order valence-corrected chi connectivity index (χ1v) is 11.8. The van der Waals surface area contributed by atoms with Crippen molar-refractivity contribution >= 4 is 40.3 Å². The van der Waals surface area contributed by atoms with Crippen molar-refractivity contribution < 1.29 is 18.8 Å². The maximum Gasteiger partial charge on any atom is 0.277 e. The number of benzene rings is 1. The lowest BCUT2D eigenvalue weighted by atomic mass is 10.1. The van der Waals surface area contributed by atoms with Crippen molar-refractivity contribution in [2.45, 2.75) is 32.2 Å². The Kier molecular flexibility index (Phi) is 7.18. The van der Waals surface area contributed by atoms with Crippen LogP contribution >= 0.6 is 0 Å². The van der Waals surface area contributed by atoms with E-state index in [1.165, 1.54) is 29.4 Å². The van der Waals surface area contributed by atoms with Crippen molar-refractivity contribution in [2.24, 2.45) is 0 Å². The molecule has 0 saturated carbocycles. The minimum atomic E-state index is -0.611. The van der Waals surface area contributed by atoms with E-state index in [4.69, 9.17) is 5.73 Å². The molecule has 3 heterocycles. The van der Waals surface area contributed by atoms with Gasteiger partial charge in [0.25, 0.3) is 5.91 Å². The number of nitrogens with one attached hydrogen (secondary N) is 1. The quantitative estimate of drug-likeness (QED) is 0.486. The first-order chi connectivity index (χ1) is 17.6. The van der Waals surface area contributed by atoms with Gasteiger partial charge in [0.2, 0.25) is 11.8 Å². The van der Waals surface area contributed by atoms with E-state index >= 15 is 0 Å². The second-order valence-corrected chi connectivity index (χ2v) is 9.21. The third-order valence-electron chi connectivity index (χ3n) is 6.44. The van der Waals surface area contributed by atoms with E-state index in [2.05, 4.69) is 27.0 Å². The number of anilines is 2. The number of likely N-dealkylation sites (N-methyl/N-ethyl adjacent to an activating group) is 1. The van der Waals surface area contributed by atoms with E-state index in [9.17, 15) is 18.8 Å². The summed E-state index contributed by atoms with van der Waals surface area (Å²) < 4.78 is 16.4. The molecule has 1 atom stereocenters. The number of rotatable bonds is 6. The summed E-state index contributed by atoms with van der Waals surface area (Å²) in [6, 6.07) is 2.49. The summed E-state index contributed by atoms with van der Waals surface area (Å²) in [4.78, 5) is 48.9. The Morgan fingerprint density at radius 1 is 1.30 bits per heavy atom. The van der Waals surface area contributed by atoms with E-state index in [1.807, 2.05) is 0 Å². The number of aromatic nitrogens is 4. The molecule has 1 unspecified atom stereocenters. The molecule has 3 aromatic rings. The highest BCUT2D eigenvalue weighted by atomic mass is 19.1. The van der Waals surface area contributed by atoms with Crippen LogP contribution in [0.25, 0.3) is 11.0 Å². The molecule has 0 aliphatic carbocycles. The smallest absolute Gasteiger partial charge is 0.277 e. The number of halogens is 1. The maximum atomic E-state index is 14.8. The van der Waals surface area contributed by atoms with Gasteiger partial charge in [-0.15, -0.1) is 0 Å². The van der Waals surface area contributed by atoms with Crippen molar-refractivity contribution in [3.8, 4) is 0 Å². The van der Waals surface area contributed by atoms with Crippen LogP contribution in [-0.2, 0) is 16.0 Å². The number of carbonyl (C=O) groups is 3. The van der Waals surface area contributed by atoms with Gasteiger partial charge in [0.05, 0.1) is 17.8 Å². The molecule has 12 heteroatoms. The van der Waals surface area contributed by atoms with Gasteiger partial charge in [-0.3, -0.25) is 14.4 Å². The molecule has 1 aliphatic rings. The molecule has 4 rings (SSSR count). The Hall–Kier alpha value is -4.35. The number of nitrogens with two attached hydrogens (primary N) is 1. The standard InChI is InChI=1S/C25H29FN8O3/c1-5-19(35)33-8-6-7-16(12-33)34-24-21(23(27)28-13-29-24)22(31-34)25(37)30-18-11-17(26)15(9-14(18)2)10-20(36)32(3)4/h5,9,11,13,16H,1,6-8,10,12H2,2-4H3,(H,30,37)(H2,27,28,29). The van der Waals surface area contributed by atoms with Gasteiger partial charge in [-0.1, -0.05) is 12.6 Å². The molecule has 1 fully saturated rings. The van der Waals surface area contributed by atoms with Crippen molar-refractivity contribution in [3.63, 3.8) is 0 Å². The summed E-state index contributed by atoms with van der Waals surface area (Å²) in [5.41, 5.74) is 7.53. The lowest BCUT2D eigenvalue weighted by Gasteiger charge is -2.32. The van der Waals surface area contributed by atoms with Gasteiger partial charge in [0.15, 0.2) is 11.3 Å². The summed E-state index contributed by atoms with van der Waals surface area (Å²) in [5.74, 6) is -1.56. The summed E-state index contributed by atoms with van der Waals surface area (Å²) in [6.07, 6.45) is 3.94. The first kappa shape index (κ1) is 25.7. The molecule has 1 aromatic carbocycles. The molecule has 2 aromatic heterocycles. The van der Waals surface area contributed by atoms with Crippen LogP contribution in [0.4, 0.5) is 15.9 Å². The van der Waals surface area contributed by atoms with Gasteiger partial charge in [-0.25, -0.2) is 19.0 Å². The van der Waals surface area contributed by atoms with Crippen LogP contribution in [0.3, 0.4) is 0 Å². The molecule has 0 radical (unpaired) electrons. The largest absolute Gasteiger partial charge is 0.383 e. The number of fused-ring (bicyclic) bond motifs is 1. The fourth-order valence-corrected chi connectivity index (χ4v) is 4.41. The highest BCUT2D eigenvalue weighted by Gasteiger charge is 2.29. The fraction of sp³-hybridized carbons (Fsp3) is 0.360. The van der Waals surface area contributed by atoms with Gasteiger partial charge in [-0.2, -0.15) is 5.10 Å². The second kappa shape index (κ2) is 10.3. The highest BCUT2D eigenvalue weighted by Crippen LogP contribution is 2.30. The predicted molar refractivity (Wildman–Crippen MR) is 136 cm³/mol. The summed E-state index contributed by atoms with van der Waals surface area (Å²) in [7, 11) is 3.20. The monoisotopic (exact) mass is 508 g/mol. The van der Waals surface area contributed by atoms with Gasteiger partial charge in [0, 0.05) is 32.9 Å². The first-order valence-electron chi connectivity index (χ1n) is 11.8. The van der Waals surface area contributed by atoms with Crippen LogP contribution in [-0.4, -0.2) is 74.5 Å². The molecular formula is C25H29FN8O3. The van der Waals surface area contributed by atoms with Gasteiger partial charge in [0.1, 0.15) is 18.0 Å². The van der Waals surface area contributed by atoms with Crippen LogP contribution in [0, 0.1) is 12.7 Å². The number of nitrogens with zero attached hydrogens (tertiary/aromatic N) is 6. The van der Waals surface area contributed by atoms with Crippen LogP contribution in [0.15, 0.2) is 31.1 Å². The van der Waals surface area contributed by atoms with Crippen molar-refractivity contribution in [2.75, 3.05) is 38.2 Å². The van der Waals surface area contributed by atoms with E-state index in [0.29, 0.717) is 24.3 Å². The van der Waals surface area contributed by atoms with Crippen molar-refractivity contribution in [1.82, 2.24) is 29.5 Å². The predicted octanol–water partition coefficient (Wildman–Crippen LogP) is 2.09. The van der Waals surface area contributed by atoms with Crippen molar-refractivity contribution in [1.29, 1.82) is 0 Å². The van der Waals surface area contributed by atoms with E-state index < -0.39 is 11.7 Å². The number of amides is 3. The topological polar surface area (TPSA) is 139 Å². The Morgan fingerprint density at radius 3 is 2.76 bits per heavy atom. The van der Waals surface area contributed by atoms with Crippen molar-refractivity contribution in [3.05, 3.63) is 53.8 Å². The number of carbonyl (C=O) groups excluding carboxylic acids is 3. The normalized spacial score (nSPS) is 15.5. The average molecular weight is 509 g/mol. The Bertz CT molecular complexity index is 1400. The molecule has 11 nitrogen and oxygen atoms in total. The summed E-state index contributed by atoms with van der Waals surface area (Å²) in [6.45, 7) is 6.24. The number of piperidine rings is 1. The molecule has 3 amide bonds. The zero-order chi connectivity index (χ0) is 26.9. The Labute approximate surface area is 213 Å². The minimum Gasteiger partial charge on any atom is -0.383 e. The van der Waals surface area contributed by atoms with Crippen LogP contribution in [0.2, 0.25) is 0 Å². The van der Waals surface area contributed by atoms with Gasteiger partial charge >= 0.3 is 0 Å². The van der Waals surface area contributed by atoms with Crippen LogP contribution < -0.4 is 11.1 Å². The van der Waals surface area contributed by atoms with Crippen LogP contribution in [0.5, 0.6) is 0 Å². The zero-order valence-electron chi connectivity index (χ0n) is 21.0. The van der Waals surface area contributed by atoms with Crippen LogP contribution in [0.1, 0.15) is 40.5 Å². The molecule has 3 N–H and O–H groups in total. The number of nitrogen functional groups attached to an aromatic ring is 1. The second-order valence-electron chi connectivity index (χ2n) is 9.21. The molecule has 0 bridgehead atoms. The molecule has 37 heavy (non-hydrogen) atoms. The molecule has 1 saturated heterocycles. The fourth-order valence-electron chi connectivity index (χ4n) is 4.41. The minimum absolute atomic E-state index is 0.00746. The average Bonchev–Trinajstić information content (AvgIpc) is 3.27.